The smallest absolute Gasteiger partial charge is 0.356 e. The number of aromatic nitrogens is 1. The van der Waals surface area contributed by atoms with Gasteiger partial charge in [0.25, 0.3) is 0 Å². The number of carbonyl (C=O) groups is 1. The third-order valence-corrected chi connectivity index (χ3v) is 2.73. The number of primary amides is 1. The van der Waals surface area contributed by atoms with Crippen LogP contribution in [-0.4, -0.2) is 15.7 Å². The molecule has 0 spiro atoms. The van der Waals surface area contributed by atoms with E-state index in [2.05, 4.69) is 10.2 Å². The van der Waals surface area contributed by atoms with E-state index in [4.69, 9.17) is 5.73 Å². The zero-order chi connectivity index (χ0) is 13.3. The molecule has 1 heterocycles. The Morgan fingerprint density at radius 1 is 1.50 bits per heavy atom. The standard InChI is InChI=1S/C12H14N4O2/c1-3-16-9-5-4-7(2)6-8(9)10(11(16)17)14-15-12(13)18/h4-6,17H,3H2,1-2H3,(H2,13,18). The second-order valence-electron chi connectivity index (χ2n) is 3.98. The Kier molecular flexibility index (Phi) is 3.01. The molecule has 6 nitrogen and oxygen atoms in total. The van der Waals surface area contributed by atoms with E-state index in [9.17, 15) is 9.90 Å². The molecule has 2 amide bonds. The minimum atomic E-state index is -0.889. The highest BCUT2D eigenvalue weighted by Gasteiger charge is 2.15. The fourth-order valence-electron chi connectivity index (χ4n) is 1.96. The number of nitrogens with zero attached hydrogens (tertiary/aromatic N) is 3. The van der Waals surface area contributed by atoms with Gasteiger partial charge in [-0.15, -0.1) is 5.11 Å². The largest absolute Gasteiger partial charge is 0.493 e. The van der Waals surface area contributed by atoms with Crippen LogP contribution in [0, 0.1) is 6.92 Å². The minimum absolute atomic E-state index is 0.0110. The predicted octanol–water partition coefficient (Wildman–Crippen LogP) is 2.84. The summed E-state index contributed by atoms with van der Waals surface area (Å²) in [5.74, 6) is -0.0110. The minimum Gasteiger partial charge on any atom is -0.493 e. The van der Waals surface area contributed by atoms with Crippen LogP contribution >= 0.6 is 0 Å². The number of azo groups is 1. The van der Waals surface area contributed by atoms with Gasteiger partial charge in [-0.05, 0) is 26.0 Å². The maximum Gasteiger partial charge on any atom is 0.356 e. The summed E-state index contributed by atoms with van der Waals surface area (Å²) in [6.45, 7) is 4.44. The number of nitrogens with two attached hydrogens (primary N) is 1. The third kappa shape index (κ3) is 1.92. The normalized spacial score (nSPS) is 11.4. The van der Waals surface area contributed by atoms with E-state index in [1.807, 2.05) is 32.0 Å². The number of rotatable bonds is 2. The monoisotopic (exact) mass is 246 g/mol. The van der Waals surface area contributed by atoms with Crippen LogP contribution in [0.4, 0.5) is 10.5 Å². The van der Waals surface area contributed by atoms with Gasteiger partial charge in [-0.25, -0.2) is 4.79 Å². The molecule has 0 saturated carbocycles. The molecule has 2 rings (SSSR count). The van der Waals surface area contributed by atoms with Crippen LogP contribution in [0.1, 0.15) is 12.5 Å². The molecule has 0 saturated heterocycles. The Hall–Kier alpha value is -2.37. The number of fused-ring (bicyclic) bond motifs is 1. The Labute approximate surface area is 104 Å². The molecule has 0 aliphatic carbocycles. The first-order valence-electron chi connectivity index (χ1n) is 5.57. The average Bonchev–Trinajstić information content (AvgIpc) is 2.57. The van der Waals surface area contributed by atoms with Crippen LogP contribution in [0.5, 0.6) is 5.88 Å². The summed E-state index contributed by atoms with van der Waals surface area (Å²) >= 11 is 0. The summed E-state index contributed by atoms with van der Waals surface area (Å²) < 4.78 is 1.70. The van der Waals surface area contributed by atoms with Crippen molar-refractivity contribution in [3.8, 4) is 5.88 Å². The first-order chi connectivity index (χ1) is 8.54. The van der Waals surface area contributed by atoms with Crippen molar-refractivity contribution in [2.24, 2.45) is 16.0 Å². The molecule has 18 heavy (non-hydrogen) atoms. The van der Waals surface area contributed by atoms with Crippen molar-refractivity contribution in [1.29, 1.82) is 0 Å². The van der Waals surface area contributed by atoms with Crippen LogP contribution in [0.2, 0.25) is 0 Å². The zero-order valence-corrected chi connectivity index (χ0v) is 10.2. The molecular weight excluding hydrogens is 232 g/mol. The number of aryl methyl sites for hydroxylation is 2. The lowest BCUT2D eigenvalue weighted by atomic mass is 10.1. The van der Waals surface area contributed by atoms with E-state index in [-0.39, 0.29) is 11.6 Å². The molecule has 0 radical (unpaired) electrons. The Balaban J connectivity index is 2.74. The molecule has 1 aromatic carbocycles. The summed E-state index contributed by atoms with van der Waals surface area (Å²) in [4.78, 5) is 10.6. The van der Waals surface area contributed by atoms with Crippen molar-refractivity contribution >= 4 is 22.6 Å². The first-order valence-corrected chi connectivity index (χ1v) is 5.57. The van der Waals surface area contributed by atoms with Crippen LogP contribution < -0.4 is 5.73 Å². The maximum absolute atomic E-state index is 10.6. The fourth-order valence-corrected chi connectivity index (χ4v) is 1.96. The van der Waals surface area contributed by atoms with Gasteiger partial charge < -0.3 is 15.4 Å². The molecule has 0 bridgehead atoms. The fraction of sp³-hybridized carbons (Fsp3) is 0.250. The number of hydrogen-bond donors (Lipinski definition) is 2. The highest BCUT2D eigenvalue weighted by molar-refractivity contribution is 5.95. The van der Waals surface area contributed by atoms with Gasteiger partial charge in [0, 0.05) is 11.9 Å². The lowest BCUT2D eigenvalue weighted by Gasteiger charge is -2.01. The zero-order valence-electron chi connectivity index (χ0n) is 10.2. The van der Waals surface area contributed by atoms with Crippen LogP contribution in [0.15, 0.2) is 28.4 Å². The van der Waals surface area contributed by atoms with Crippen LogP contribution in [0.3, 0.4) is 0 Å². The van der Waals surface area contributed by atoms with E-state index in [0.29, 0.717) is 6.54 Å². The van der Waals surface area contributed by atoms with Crippen molar-refractivity contribution in [2.45, 2.75) is 20.4 Å². The Morgan fingerprint density at radius 2 is 2.22 bits per heavy atom. The summed E-state index contributed by atoms with van der Waals surface area (Å²) in [5.41, 5.74) is 7.07. The lowest BCUT2D eigenvalue weighted by Crippen LogP contribution is -2.01. The van der Waals surface area contributed by atoms with Gasteiger partial charge in [0.2, 0.25) is 5.88 Å². The van der Waals surface area contributed by atoms with Gasteiger partial charge >= 0.3 is 6.03 Å². The number of benzene rings is 1. The van der Waals surface area contributed by atoms with E-state index < -0.39 is 6.03 Å². The Morgan fingerprint density at radius 3 is 2.83 bits per heavy atom. The van der Waals surface area contributed by atoms with E-state index in [1.165, 1.54) is 0 Å². The van der Waals surface area contributed by atoms with Gasteiger partial charge in [-0.1, -0.05) is 16.7 Å². The maximum atomic E-state index is 10.6. The van der Waals surface area contributed by atoms with Crippen molar-refractivity contribution in [3.63, 3.8) is 0 Å². The second-order valence-corrected chi connectivity index (χ2v) is 3.98. The summed E-state index contributed by atoms with van der Waals surface area (Å²) in [5, 5.41) is 17.8. The molecule has 0 aliphatic rings. The number of aromatic hydroxyl groups is 1. The van der Waals surface area contributed by atoms with E-state index in [1.54, 1.807) is 4.57 Å². The first kappa shape index (κ1) is 12.1. The quantitative estimate of drug-likeness (QED) is 0.797. The molecular formula is C12H14N4O2. The highest BCUT2D eigenvalue weighted by Crippen LogP contribution is 2.39. The number of carbonyl (C=O) groups excluding carboxylic acids is 1. The summed E-state index contributed by atoms with van der Waals surface area (Å²) in [6, 6.07) is 4.84. The van der Waals surface area contributed by atoms with Gasteiger partial charge in [0.05, 0.1) is 5.52 Å². The third-order valence-electron chi connectivity index (χ3n) is 2.73. The van der Waals surface area contributed by atoms with Gasteiger partial charge in [-0.3, -0.25) is 0 Å². The van der Waals surface area contributed by atoms with Crippen molar-refractivity contribution in [1.82, 2.24) is 4.57 Å². The topological polar surface area (TPSA) is 93.0 Å². The summed E-state index contributed by atoms with van der Waals surface area (Å²) in [7, 11) is 0. The number of amides is 2. The second kappa shape index (κ2) is 4.48. The number of hydrogen-bond acceptors (Lipinski definition) is 3. The molecule has 0 atom stereocenters. The molecule has 6 heteroatoms. The molecule has 0 aliphatic heterocycles. The van der Waals surface area contributed by atoms with Gasteiger partial charge in [0.15, 0.2) is 5.69 Å². The molecule has 0 fully saturated rings. The van der Waals surface area contributed by atoms with Crippen molar-refractivity contribution < 1.29 is 9.90 Å². The van der Waals surface area contributed by atoms with Crippen molar-refractivity contribution in [3.05, 3.63) is 23.8 Å². The molecule has 1 aromatic heterocycles. The molecule has 2 aromatic rings. The van der Waals surface area contributed by atoms with Crippen LogP contribution in [-0.2, 0) is 6.54 Å². The van der Waals surface area contributed by atoms with E-state index in [0.717, 1.165) is 16.5 Å². The summed E-state index contributed by atoms with van der Waals surface area (Å²) in [6.07, 6.45) is 0. The highest BCUT2D eigenvalue weighted by atomic mass is 16.3. The Bertz CT molecular complexity index is 643. The van der Waals surface area contributed by atoms with Crippen LogP contribution in [0.25, 0.3) is 10.9 Å². The molecule has 94 valence electrons. The molecule has 0 unspecified atom stereocenters. The molecule has 3 N–H and O–H groups in total. The lowest BCUT2D eigenvalue weighted by molar-refractivity contribution is 0.255. The van der Waals surface area contributed by atoms with E-state index >= 15 is 0 Å². The average molecular weight is 246 g/mol. The predicted molar refractivity (Wildman–Crippen MR) is 68.1 cm³/mol. The van der Waals surface area contributed by atoms with Gasteiger partial charge in [0.1, 0.15) is 0 Å². The number of urea groups is 1. The van der Waals surface area contributed by atoms with Gasteiger partial charge in [-0.2, -0.15) is 0 Å². The SMILES string of the molecule is CCn1c(O)c(N=NC(N)=O)c2cc(C)ccc21. The van der Waals surface area contributed by atoms with Crippen molar-refractivity contribution in [2.75, 3.05) is 0 Å².